The van der Waals surface area contributed by atoms with Gasteiger partial charge in [0, 0.05) is 12.6 Å². The molecule has 1 aliphatic heterocycles. The first-order valence-electron chi connectivity index (χ1n) is 7.26. The second-order valence-electron chi connectivity index (χ2n) is 5.33. The standard InChI is InChI=1S/C14H20N6O/c1-10-15-14(19-16-10)12-5-3-4-8-20(12)9-11-6-7-13(21-2)18-17-11/h6-7,12H,3-5,8-9H2,1-2H3,(H,15,16,19)/t12-/m1/s1. The zero-order valence-electron chi connectivity index (χ0n) is 12.4. The summed E-state index contributed by atoms with van der Waals surface area (Å²) in [4.78, 5) is 6.87. The van der Waals surface area contributed by atoms with Crippen molar-refractivity contribution in [3.63, 3.8) is 0 Å². The van der Waals surface area contributed by atoms with E-state index < -0.39 is 0 Å². The van der Waals surface area contributed by atoms with Crippen LogP contribution in [0.2, 0.25) is 0 Å². The first kappa shape index (κ1) is 13.9. The smallest absolute Gasteiger partial charge is 0.233 e. The highest BCUT2D eigenvalue weighted by Gasteiger charge is 2.27. The Balaban J connectivity index is 1.74. The highest BCUT2D eigenvalue weighted by atomic mass is 16.5. The average Bonchev–Trinajstić information content (AvgIpc) is 2.95. The fourth-order valence-electron chi connectivity index (χ4n) is 2.73. The first-order valence-corrected chi connectivity index (χ1v) is 7.26. The van der Waals surface area contributed by atoms with Crippen molar-refractivity contribution >= 4 is 0 Å². The molecule has 0 amide bonds. The molecule has 2 aromatic heterocycles. The Kier molecular flexibility index (Phi) is 4.10. The molecule has 3 heterocycles. The van der Waals surface area contributed by atoms with Gasteiger partial charge in [-0.25, -0.2) is 4.98 Å². The molecule has 0 bridgehead atoms. The molecular weight excluding hydrogens is 268 g/mol. The molecular formula is C14H20N6O. The quantitative estimate of drug-likeness (QED) is 0.921. The van der Waals surface area contributed by atoms with Gasteiger partial charge in [0.15, 0.2) is 5.82 Å². The van der Waals surface area contributed by atoms with Crippen LogP contribution in [0.25, 0.3) is 0 Å². The van der Waals surface area contributed by atoms with Crippen molar-refractivity contribution in [2.75, 3.05) is 13.7 Å². The molecule has 0 unspecified atom stereocenters. The van der Waals surface area contributed by atoms with Crippen LogP contribution in [0.5, 0.6) is 5.88 Å². The second-order valence-corrected chi connectivity index (χ2v) is 5.33. The number of nitrogens with zero attached hydrogens (tertiary/aromatic N) is 5. The molecule has 1 N–H and O–H groups in total. The summed E-state index contributed by atoms with van der Waals surface area (Å²) < 4.78 is 5.04. The highest BCUT2D eigenvalue weighted by molar-refractivity contribution is 5.11. The Hall–Kier alpha value is -2.02. The van der Waals surface area contributed by atoms with Crippen LogP contribution in [0.3, 0.4) is 0 Å². The van der Waals surface area contributed by atoms with Crippen LogP contribution in [0.15, 0.2) is 12.1 Å². The van der Waals surface area contributed by atoms with Gasteiger partial charge in [-0.1, -0.05) is 6.42 Å². The van der Waals surface area contributed by atoms with Crippen LogP contribution in [0.4, 0.5) is 0 Å². The normalized spacial score (nSPS) is 19.6. The van der Waals surface area contributed by atoms with E-state index in [1.807, 2.05) is 19.1 Å². The summed E-state index contributed by atoms with van der Waals surface area (Å²) >= 11 is 0. The Labute approximate surface area is 123 Å². The largest absolute Gasteiger partial charge is 0.480 e. The van der Waals surface area contributed by atoms with Gasteiger partial charge in [0.2, 0.25) is 5.88 Å². The minimum absolute atomic E-state index is 0.257. The SMILES string of the molecule is COc1ccc(CN2CCCC[C@@H]2c2n[nH]c(C)n2)nn1. The molecule has 112 valence electrons. The Bertz CT molecular complexity index is 581. The maximum Gasteiger partial charge on any atom is 0.233 e. The lowest BCUT2D eigenvalue weighted by Crippen LogP contribution is -2.34. The van der Waals surface area contributed by atoms with Gasteiger partial charge in [-0.05, 0) is 32.4 Å². The van der Waals surface area contributed by atoms with Crippen molar-refractivity contribution in [2.24, 2.45) is 0 Å². The van der Waals surface area contributed by atoms with Crippen LogP contribution in [-0.4, -0.2) is 43.9 Å². The van der Waals surface area contributed by atoms with Gasteiger partial charge >= 0.3 is 0 Å². The number of aromatic amines is 1. The van der Waals surface area contributed by atoms with E-state index in [0.717, 1.165) is 36.9 Å². The molecule has 7 heteroatoms. The molecule has 3 rings (SSSR count). The molecule has 0 radical (unpaired) electrons. The van der Waals surface area contributed by atoms with E-state index in [2.05, 4.69) is 30.3 Å². The third-order valence-electron chi connectivity index (χ3n) is 3.80. The van der Waals surface area contributed by atoms with E-state index in [0.29, 0.717) is 5.88 Å². The molecule has 1 aliphatic rings. The number of nitrogens with one attached hydrogen (secondary N) is 1. The van der Waals surface area contributed by atoms with Crippen molar-refractivity contribution in [3.8, 4) is 5.88 Å². The number of methoxy groups -OCH3 is 1. The molecule has 0 spiro atoms. The number of aromatic nitrogens is 5. The second kappa shape index (κ2) is 6.17. The van der Waals surface area contributed by atoms with Crippen LogP contribution >= 0.6 is 0 Å². The summed E-state index contributed by atoms with van der Waals surface area (Å²) in [6.45, 7) is 3.72. The molecule has 0 saturated carbocycles. The molecule has 0 aromatic carbocycles. The van der Waals surface area contributed by atoms with E-state index in [-0.39, 0.29) is 6.04 Å². The van der Waals surface area contributed by atoms with Crippen molar-refractivity contribution in [2.45, 2.75) is 38.8 Å². The van der Waals surface area contributed by atoms with E-state index in [1.165, 1.54) is 12.8 Å². The Morgan fingerprint density at radius 1 is 1.33 bits per heavy atom. The predicted molar refractivity (Wildman–Crippen MR) is 76.7 cm³/mol. The fourth-order valence-corrected chi connectivity index (χ4v) is 2.73. The summed E-state index contributed by atoms with van der Waals surface area (Å²) in [7, 11) is 1.59. The van der Waals surface area contributed by atoms with Gasteiger partial charge in [-0.15, -0.1) is 5.10 Å². The van der Waals surface area contributed by atoms with Gasteiger partial charge in [0.05, 0.1) is 18.8 Å². The van der Waals surface area contributed by atoms with E-state index >= 15 is 0 Å². The zero-order valence-corrected chi connectivity index (χ0v) is 12.4. The van der Waals surface area contributed by atoms with Crippen LogP contribution < -0.4 is 4.74 Å². The molecule has 21 heavy (non-hydrogen) atoms. The lowest BCUT2D eigenvalue weighted by Gasteiger charge is -2.33. The highest BCUT2D eigenvalue weighted by Crippen LogP contribution is 2.29. The summed E-state index contributed by atoms with van der Waals surface area (Å²) in [5.74, 6) is 2.28. The van der Waals surface area contributed by atoms with Gasteiger partial charge in [0.1, 0.15) is 5.82 Å². The van der Waals surface area contributed by atoms with Crippen molar-refractivity contribution in [3.05, 3.63) is 29.5 Å². The lowest BCUT2D eigenvalue weighted by molar-refractivity contribution is 0.132. The topological polar surface area (TPSA) is 79.8 Å². The fraction of sp³-hybridized carbons (Fsp3) is 0.571. The van der Waals surface area contributed by atoms with Crippen LogP contribution in [-0.2, 0) is 6.54 Å². The number of aryl methyl sites for hydroxylation is 1. The maximum absolute atomic E-state index is 5.04. The van der Waals surface area contributed by atoms with Crippen molar-refractivity contribution in [1.29, 1.82) is 0 Å². The Morgan fingerprint density at radius 3 is 2.90 bits per heavy atom. The minimum Gasteiger partial charge on any atom is -0.480 e. The van der Waals surface area contributed by atoms with Gasteiger partial charge < -0.3 is 4.74 Å². The van der Waals surface area contributed by atoms with Crippen LogP contribution in [0.1, 0.15) is 42.6 Å². The predicted octanol–water partition coefficient (Wildman–Crippen LogP) is 1.64. The number of H-pyrrole nitrogens is 1. The van der Waals surface area contributed by atoms with Gasteiger partial charge in [0.25, 0.3) is 0 Å². The number of hydrogen-bond acceptors (Lipinski definition) is 6. The van der Waals surface area contributed by atoms with Crippen molar-refractivity contribution < 1.29 is 4.74 Å². The van der Waals surface area contributed by atoms with E-state index in [1.54, 1.807) is 7.11 Å². The molecule has 1 atom stereocenters. The molecule has 0 aliphatic carbocycles. The third-order valence-corrected chi connectivity index (χ3v) is 3.80. The van der Waals surface area contributed by atoms with Crippen LogP contribution in [0, 0.1) is 6.92 Å². The number of likely N-dealkylation sites (tertiary alicyclic amines) is 1. The average molecular weight is 288 g/mol. The Morgan fingerprint density at radius 2 is 2.24 bits per heavy atom. The summed E-state index contributed by atoms with van der Waals surface area (Å²) in [6, 6.07) is 4.06. The monoisotopic (exact) mass is 288 g/mol. The third kappa shape index (κ3) is 3.18. The van der Waals surface area contributed by atoms with E-state index in [4.69, 9.17) is 4.74 Å². The number of ether oxygens (including phenoxy) is 1. The summed E-state index contributed by atoms with van der Waals surface area (Å²) in [6.07, 6.45) is 3.49. The van der Waals surface area contributed by atoms with Gasteiger partial charge in [-0.3, -0.25) is 10.00 Å². The molecule has 2 aromatic rings. The molecule has 1 fully saturated rings. The summed E-state index contributed by atoms with van der Waals surface area (Å²) in [5, 5.41) is 15.5. The number of rotatable bonds is 4. The van der Waals surface area contributed by atoms with Crippen molar-refractivity contribution in [1.82, 2.24) is 30.3 Å². The lowest BCUT2D eigenvalue weighted by atomic mass is 10.0. The maximum atomic E-state index is 5.04. The van der Waals surface area contributed by atoms with Gasteiger partial charge in [-0.2, -0.15) is 10.2 Å². The zero-order chi connectivity index (χ0) is 14.7. The molecule has 1 saturated heterocycles. The number of hydrogen-bond donors (Lipinski definition) is 1. The first-order chi connectivity index (χ1) is 10.3. The summed E-state index contributed by atoms with van der Waals surface area (Å²) in [5.41, 5.74) is 0.940. The van der Waals surface area contributed by atoms with E-state index in [9.17, 15) is 0 Å². The molecule has 7 nitrogen and oxygen atoms in total. The number of piperidine rings is 1. The minimum atomic E-state index is 0.257.